The van der Waals surface area contributed by atoms with Gasteiger partial charge in [0.05, 0.1) is 4.88 Å². The Bertz CT molecular complexity index is 1020. The summed E-state index contributed by atoms with van der Waals surface area (Å²) in [4.78, 5) is 17.1. The maximum Gasteiger partial charge on any atom is 0.433 e. The Morgan fingerprint density at radius 1 is 1.15 bits per heavy atom. The Morgan fingerprint density at radius 3 is 2.48 bits per heavy atom. The highest BCUT2D eigenvalue weighted by molar-refractivity contribution is 7.20. The molecule has 2 aromatic heterocycles. The number of anilines is 1. The van der Waals surface area contributed by atoms with Crippen LogP contribution < -0.4 is 5.32 Å². The Balaban J connectivity index is 2.01. The highest BCUT2D eigenvalue weighted by Crippen LogP contribution is 2.35. The summed E-state index contributed by atoms with van der Waals surface area (Å²) in [7, 11) is 0. The molecule has 3 rings (SSSR count). The molecule has 27 heavy (non-hydrogen) atoms. The first kappa shape index (κ1) is 19.4. The van der Waals surface area contributed by atoms with Crippen LogP contribution in [0.4, 0.5) is 18.9 Å². The van der Waals surface area contributed by atoms with Crippen LogP contribution in [0.15, 0.2) is 30.3 Å². The first-order valence-corrected chi connectivity index (χ1v) is 9.29. The number of para-hydroxylation sites is 1. The lowest BCUT2D eigenvalue weighted by molar-refractivity contribution is -0.140. The predicted octanol–water partition coefficient (Wildman–Crippen LogP) is 6.31. The monoisotopic (exact) mass is 392 g/mol. The summed E-state index contributed by atoms with van der Waals surface area (Å²) < 4.78 is 38.7. The number of hydrogen-bond acceptors (Lipinski definition) is 3. The quantitative estimate of drug-likeness (QED) is 0.568. The van der Waals surface area contributed by atoms with Crippen LogP contribution in [-0.4, -0.2) is 10.9 Å². The van der Waals surface area contributed by atoms with E-state index in [4.69, 9.17) is 0 Å². The molecule has 3 aromatic rings. The fraction of sp³-hybridized carbons (Fsp3) is 0.300. The molecule has 0 aliphatic rings. The number of aromatic nitrogens is 1. The van der Waals surface area contributed by atoms with Gasteiger partial charge in [0.1, 0.15) is 10.5 Å². The summed E-state index contributed by atoms with van der Waals surface area (Å²) in [6, 6.07) is 8.13. The molecule has 142 valence electrons. The van der Waals surface area contributed by atoms with Crippen molar-refractivity contribution in [3.8, 4) is 0 Å². The van der Waals surface area contributed by atoms with Gasteiger partial charge in [0.25, 0.3) is 5.91 Å². The molecule has 7 heteroatoms. The highest BCUT2D eigenvalue weighted by Gasteiger charge is 2.33. The van der Waals surface area contributed by atoms with Gasteiger partial charge in [0.15, 0.2) is 0 Å². The van der Waals surface area contributed by atoms with Crippen LogP contribution in [-0.2, 0) is 6.18 Å². The van der Waals surface area contributed by atoms with Gasteiger partial charge in [-0.2, -0.15) is 13.2 Å². The summed E-state index contributed by atoms with van der Waals surface area (Å²) in [6.45, 7) is 7.72. The maximum absolute atomic E-state index is 12.9. The number of thiophene rings is 1. The van der Waals surface area contributed by atoms with E-state index in [9.17, 15) is 18.0 Å². The number of pyridine rings is 1. The zero-order valence-corrected chi connectivity index (χ0v) is 16.2. The van der Waals surface area contributed by atoms with E-state index in [1.807, 2.05) is 39.0 Å². The molecule has 0 radical (unpaired) electrons. The number of alkyl halides is 3. The third-order valence-corrected chi connectivity index (χ3v) is 5.67. The molecule has 1 amide bonds. The van der Waals surface area contributed by atoms with Crippen molar-refractivity contribution in [3.63, 3.8) is 0 Å². The lowest BCUT2D eigenvalue weighted by atomic mass is 9.98. The van der Waals surface area contributed by atoms with Crippen LogP contribution in [0, 0.1) is 13.8 Å². The Morgan fingerprint density at radius 2 is 1.85 bits per heavy atom. The van der Waals surface area contributed by atoms with Crippen LogP contribution >= 0.6 is 11.3 Å². The second-order valence-electron chi connectivity index (χ2n) is 6.75. The molecule has 0 unspecified atom stereocenters. The van der Waals surface area contributed by atoms with E-state index in [-0.39, 0.29) is 16.7 Å². The van der Waals surface area contributed by atoms with E-state index in [0.29, 0.717) is 15.8 Å². The van der Waals surface area contributed by atoms with E-state index in [2.05, 4.69) is 10.3 Å². The summed E-state index contributed by atoms with van der Waals surface area (Å²) >= 11 is 0.978. The van der Waals surface area contributed by atoms with E-state index in [1.165, 1.54) is 6.07 Å². The summed E-state index contributed by atoms with van der Waals surface area (Å²) in [5.41, 5.74) is 2.38. The third-order valence-electron chi connectivity index (χ3n) is 4.47. The average molecular weight is 392 g/mol. The van der Waals surface area contributed by atoms with Crippen molar-refractivity contribution >= 4 is 33.1 Å². The molecule has 0 bridgehead atoms. The fourth-order valence-corrected chi connectivity index (χ4v) is 4.06. The Hall–Kier alpha value is -2.41. The van der Waals surface area contributed by atoms with Gasteiger partial charge >= 0.3 is 6.18 Å². The predicted molar refractivity (Wildman–Crippen MR) is 103 cm³/mol. The van der Waals surface area contributed by atoms with Gasteiger partial charge < -0.3 is 5.32 Å². The molecule has 0 aliphatic heterocycles. The molecule has 0 atom stereocenters. The van der Waals surface area contributed by atoms with Crippen molar-refractivity contribution in [1.82, 2.24) is 4.98 Å². The molecular weight excluding hydrogens is 373 g/mol. The van der Waals surface area contributed by atoms with Crippen molar-refractivity contribution in [1.29, 1.82) is 0 Å². The number of aryl methyl sites for hydroxylation is 2. The first-order chi connectivity index (χ1) is 12.6. The topological polar surface area (TPSA) is 42.0 Å². The van der Waals surface area contributed by atoms with Gasteiger partial charge in [-0.25, -0.2) is 4.98 Å². The molecule has 0 fully saturated rings. The number of amides is 1. The number of hydrogen-bond donors (Lipinski definition) is 1. The number of nitrogens with one attached hydrogen (secondary N) is 1. The lowest BCUT2D eigenvalue weighted by Crippen LogP contribution is -2.14. The lowest BCUT2D eigenvalue weighted by Gasteiger charge is -2.16. The van der Waals surface area contributed by atoms with Gasteiger partial charge in [-0.05, 0) is 48.6 Å². The molecule has 0 saturated heterocycles. The standard InChI is InChI=1S/C20H19F3N2OS/c1-10(2)13-7-5-6-11(3)16(13)25-18(26)17-12(4)14-8-9-15(20(21,22)23)24-19(14)27-17/h5-10H,1-4H3,(H,25,26). The number of nitrogens with zero attached hydrogens (tertiary/aromatic N) is 1. The maximum atomic E-state index is 12.9. The third kappa shape index (κ3) is 3.69. The van der Waals surface area contributed by atoms with Crippen molar-refractivity contribution < 1.29 is 18.0 Å². The summed E-state index contributed by atoms with van der Waals surface area (Å²) in [5.74, 6) is -0.111. The van der Waals surface area contributed by atoms with E-state index < -0.39 is 11.9 Å². The zero-order valence-electron chi connectivity index (χ0n) is 15.4. The molecule has 1 aromatic carbocycles. The zero-order chi connectivity index (χ0) is 19.9. The Kier molecular flexibility index (Phi) is 4.99. The summed E-state index contributed by atoms with van der Waals surface area (Å²) in [6.07, 6.45) is -4.51. The second-order valence-corrected chi connectivity index (χ2v) is 7.75. The van der Waals surface area contributed by atoms with Crippen molar-refractivity contribution in [2.75, 3.05) is 5.32 Å². The van der Waals surface area contributed by atoms with E-state index in [0.717, 1.165) is 34.2 Å². The molecule has 2 heterocycles. The smallest absolute Gasteiger partial charge is 0.321 e. The number of rotatable bonds is 3. The highest BCUT2D eigenvalue weighted by atomic mass is 32.1. The van der Waals surface area contributed by atoms with Gasteiger partial charge in [0.2, 0.25) is 0 Å². The van der Waals surface area contributed by atoms with Gasteiger partial charge in [0, 0.05) is 11.1 Å². The molecule has 0 saturated carbocycles. The Labute approximate surface area is 159 Å². The van der Waals surface area contributed by atoms with Crippen molar-refractivity contribution in [3.05, 3.63) is 57.6 Å². The fourth-order valence-electron chi connectivity index (χ4n) is 2.99. The largest absolute Gasteiger partial charge is 0.433 e. The SMILES string of the molecule is Cc1cccc(C(C)C)c1NC(=O)c1sc2nc(C(F)(F)F)ccc2c1C. The first-order valence-electron chi connectivity index (χ1n) is 8.47. The minimum atomic E-state index is -4.51. The summed E-state index contributed by atoms with van der Waals surface area (Å²) in [5, 5.41) is 3.51. The number of carbonyl (C=O) groups is 1. The van der Waals surface area contributed by atoms with Crippen LogP contribution in [0.1, 0.15) is 51.8 Å². The number of fused-ring (bicyclic) bond motifs is 1. The minimum Gasteiger partial charge on any atom is -0.321 e. The normalized spacial score (nSPS) is 12.0. The van der Waals surface area contributed by atoms with Crippen LogP contribution in [0.2, 0.25) is 0 Å². The van der Waals surface area contributed by atoms with Crippen molar-refractivity contribution in [2.45, 2.75) is 39.8 Å². The van der Waals surface area contributed by atoms with Crippen LogP contribution in [0.3, 0.4) is 0 Å². The number of halogens is 3. The minimum absolute atomic E-state index is 0.210. The van der Waals surface area contributed by atoms with Crippen molar-refractivity contribution in [2.24, 2.45) is 0 Å². The van der Waals surface area contributed by atoms with Crippen LogP contribution in [0.25, 0.3) is 10.2 Å². The average Bonchev–Trinajstić information content (AvgIpc) is 2.92. The molecular formula is C20H19F3N2OS. The van der Waals surface area contributed by atoms with Gasteiger partial charge in [-0.1, -0.05) is 32.0 Å². The van der Waals surface area contributed by atoms with Gasteiger partial charge in [-0.15, -0.1) is 11.3 Å². The number of benzene rings is 1. The van der Waals surface area contributed by atoms with Crippen LogP contribution in [0.5, 0.6) is 0 Å². The molecule has 1 N–H and O–H groups in total. The molecule has 3 nitrogen and oxygen atoms in total. The second kappa shape index (κ2) is 6.96. The molecule has 0 aliphatic carbocycles. The molecule has 0 spiro atoms. The van der Waals surface area contributed by atoms with E-state index >= 15 is 0 Å². The van der Waals surface area contributed by atoms with E-state index in [1.54, 1.807) is 6.92 Å². The van der Waals surface area contributed by atoms with Gasteiger partial charge in [-0.3, -0.25) is 4.79 Å². The number of carbonyl (C=O) groups excluding carboxylic acids is 1.